The van der Waals surface area contributed by atoms with Crippen molar-refractivity contribution >= 4 is 26.5 Å². The quantitative estimate of drug-likeness (QED) is 0.720. The molecule has 1 aliphatic carbocycles. The second kappa shape index (κ2) is 5.11. The molecule has 0 spiro atoms. The maximum atomic E-state index is 12.3. The van der Waals surface area contributed by atoms with Crippen molar-refractivity contribution in [1.29, 1.82) is 0 Å². The van der Waals surface area contributed by atoms with E-state index in [1.165, 1.54) is 5.51 Å². The molecule has 10 heteroatoms. The van der Waals surface area contributed by atoms with E-state index in [-0.39, 0.29) is 10.2 Å². The first kappa shape index (κ1) is 13.5. The Kier molecular flexibility index (Phi) is 3.44. The van der Waals surface area contributed by atoms with Crippen LogP contribution in [0.15, 0.2) is 10.5 Å². The van der Waals surface area contributed by atoms with Gasteiger partial charge in [0, 0.05) is 23.8 Å². The number of sulfonamides is 1. The molecule has 0 amide bonds. The lowest BCUT2D eigenvalue weighted by molar-refractivity contribution is 0.593. The molecule has 0 saturated heterocycles. The van der Waals surface area contributed by atoms with E-state index in [0.717, 1.165) is 29.9 Å². The van der Waals surface area contributed by atoms with E-state index in [1.54, 1.807) is 6.92 Å². The van der Waals surface area contributed by atoms with E-state index in [0.29, 0.717) is 18.2 Å². The molecule has 0 radical (unpaired) electrons. The molecule has 0 unspecified atom stereocenters. The Bertz CT molecular complexity index is 689. The molecule has 3 N–H and O–H groups in total. The van der Waals surface area contributed by atoms with Crippen LogP contribution in [0.2, 0.25) is 0 Å². The third kappa shape index (κ3) is 2.81. The molecule has 1 saturated carbocycles. The monoisotopic (exact) mass is 314 g/mol. The summed E-state index contributed by atoms with van der Waals surface area (Å²) in [5.41, 5.74) is 2.87. The smallest absolute Gasteiger partial charge is 0.283 e. The van der Waals surface area contributed by atoms with Crippen molar-refractivity contribution in [3.8, 4) is 0 Å². The summed E-state index contributed by atoms with van der Waals surface area (Å²) in [5.74, 6) is 0. The molecule has 2 heterocycles. The Morgan fingerprint density at radius 2 is 2.30 bits per heavy atom. The van der Waals surface area contributed by atoms with Crippen molar-refractivity contribution in [1.82, 2.24) is 25.7 Å². The average Bonchev–Trinajstić information content (AvgIpc) is 2.94. The molecule has 108 valence electrons. The van der Waals surface area contributed by atoms with E-state index in [4.69, 9.17) is 0 Å². The number of H-pyrrole nitrogens is 1. The van der Waals surface area contributed by atoms with Crippen LogP contribution >= 0.6 is 11.3 Å². The Labute approximate surface area is 120 Å². The van der Waals surface area contributed by atoms with Crippen LogP contribution in [0.4, 0.5) is 5.13 Å². The molecule has 8 nitrogen and oxygen atoms in total. The Hall–Kier alpha value is -1.52. The van der Waals surface area contributed by atoms with Crippen molar-refractivity contribution in [3.63, 3.8) is 0 Å². The zero-order valence-electron chi connectivity index (χ0n) is 10.8. The van der Waals surface area contributed by atoms with Gasteiger partial charge in [0.1, 0.15) is 5.51 Å². The van der Waals surface area contributed by atoms with Crippen molar-refractivity contribution in [2.45, 2.75) is 37.4 Å². The summed E-state index contributed by atoms with van der Waals surface area (Å²) in [7, 11) is -3.74. The van der Waals surface area contributed by atoms with Crippen LogP contribution in [0.25, 0.3) is 0 Å². The highest BCUT2D eigenvalue weighted by atomic mass is 32.2. The molecule has 0 aromatic carbocycles. The largest absolute Gasteiger partial charge is 0.310 e. The predicted octanol–water partition coefficient (Wildman–Crippen LogP) is 0.622. The van der Waals surface area contributed by atoms with E-state index in [1.807, 2.05) is 0 Å². The SMILES string of the molecule is Cc1[nH]nc(S(=O)(=O)Nc2nncs2)c1CNC1CC1. The molecular weight excluding hydrogens is 300 g/mol. The number of hydrogen-bond acceptors (Lipinski definition) is 7. The fraction of sp³-hybridized carbons (Fsp3) is 0.500. The number of anilines is 1. The average molecular weight is 314 g/mol. The zero-order chi connectivity index (χ0) is 14.2. The van der Waals surface area contributed by atoms with Gasteiger partial charge in [-0.05, 0) is 19.8 Å². The molecular formula is C10H14N6O2S2. The number of aromatic nitrogens is 4. The van der Waals surface area contributed by atoms with Crippen LogP contribution in [-0.2, 0) is 16.6 Å². The molecule has 3 rings (SSSR count). The van der Waals surface area contributed by atoms with Gasteiger partial charge in [-0.3, -0.25) is 9.82 Å². The van der Waals surface area contributed by atoms with Crippen molar-refractivity contribution in [3.05, 3.63) is 16.8 Å². The zero-order valence-corrected chi connectivity index (χ0v) is 12.4. The second-order valence-electron chi connectivity index (χ2n) is 4.64. The first-order valence-corrected chi connectivity index (χ1v) is 8.49. The van der Waals surface area contributed by atoms with Crippen LogP contribution in [0.5, 0.6) is 0 Å². The minimum Gasteiger partial charge on any atom is -0.310 e. The summed E-state index contributed by atoms with van der Waals surface area (Å²) >= 11 is 1.12. The van der Waals surface area contributed by atoms with Crippen molar-refractivity contribution < 1.29 is 8.42 Å². The number of aromatic amines is 1. The van der Waals surface area contributed by atoms with Crippen molar-refractivity contribution in [2.24, 2.45) is 0 Å². The summed E-state index contributed by atoms with van der Waals surface area (Å²) in [4.78, 5) is 0. The van der Waals surface area contributed by atoms with Crippen LogP contribution in [0.3, 0.4) is 0 Å². The molecule has 2 aromatic heterocycles. The first-order chi connectivity index (χ1) is 9.56. The lowest BCUT2D eigenvalue weighted by Gasteiger charge is -2.06. The van der Waals surface area contributed by atoms with Gasteiger partial charge in [0.2, 0.25) is 10.2 Å². The Morgan fingerprint density at radius 3 is 2.95 bits per heavy atom. The highest BCUT2D eigenvalue weighted by molar-refractivity contribution is 7.92. The third-order valence-corrected chi connectivity index (χ3v) is 5.06. The maximum absolute atomic E-state index is 12.3. The number of nitrogens with one attached hydrogen (secondary N) is 3. The summed E-state index contributed by atoms with van der Waals surface area (Å²) in [5, 5.41) is 17.4. The number of rotatable bonds is 6. The lowest BCUT2D eigenvalue weighted by Crippen LogP contribution is -2.20. The summed E-state index contributed by atoms with van der Waals surface area (Å²) < 4.78 is 27.0. The fourth-order valence-corrected chi connectivity index (χ4v) is 3.67. The van der Waals surface area contributed by atoms with Gasteiger partial charge in [0.25, 0.3) is 10.0 Å². The molecule has 2 aromatic rings. The van der Waals surface area contributed by atoms with Gasteiger partial charge >= 0.3 is 0 Å². The van der Waals surface area contributed by atoms with Crippen LogP contribution in [0, 0.1) is 6.92 Å². The number of aryl methyl sites for hydroxylation is 1. The third-order valence-electron chi connectivity index (χ3n) is 3.02. The summed E-state index contributed by atoms with van der Waals surface area (Å²) in [6.07, 6.45) is 2.28. The number of hydrogen-bond donors (Lipinski definition) is 3. The summed E-state index contributed by atoms with van der Waals surface area (Å²) in [6, 6.07) is 0.496. The van der Waals surface area contributed by atoms with Crippen molar-refractivity contribution in [2.75, 3.05) is 4.72 Å². The number of nitrogens with zero attached hydrogens (tertiary/aromatic N) is 3. The van der Waals surface area contributed by atoms with Gasteiger partial charge in [0.05, 0.1) is 0 Å². The molecule has 0 aliphatic heterocycles. The van der Waals surface area contributed by atoms with E-state index in [2.05, 4.69) is 30.4 Å². The van der Waals surface area contributed by atoms with Gasteiger partial charge in [-0.1, -0.05) is 11.3 Å². The normalized spacial score (nSPS) is 15.4. The Morgan fingerprint density at radius 1 is 1.50 bits per heavy atom. The predicted molar refractivity (Wildman–Crippen MR) is 73.9 cm³/mol. The molecule has 20 heavy (non-hydrogen) atoms. The highest BCUT2D eigenvalue weighted by Gasteiger charge is 2.27. The minimum atomic E-state index is -3.74. The van der Waals surface area contributed by atoms with E-state index in [9.17, 15) is 8.42 Å². The van der Waals surface area contributed by atoms with Gasteiger partial charge in [-0.2, -0.15) is 13.5 Å². The topological polar surface area (TPSA) is 113 Å². The Balaban J connectivity index is 1.84. The van der Waals surface area contributed by atoms with Gasteiger partial charge in [-0.25, -0.2) is 0 Å². The van der Waals surface area contributed by atoms with E-state index < -0.39 is 10.0 Å². The molecule has 1 fully saturated rings. The van der Waals surface area contributed by atoms with E-state index >= 15 is 0 Å². The first-order valence-electron chi connectivity index (χ1n) is 6.12. The molecule has 1 aliphatic rings. The molecule has 0 bridgehead atoms. The van der Waals surface area contributed by atoms with Crippen LogP contribution in [-0.4, -0.2) is 34.9 Å². The molecule has 0 atom stereocenters. The fourth-order valence-electron chi connectivity index (χ4n) is 1.78. The van der Waals surface area contributed by atoms with Gasteiger partial charge < -0.3 is 5.32 Å². The van der Waals surface area contributed by atoms with Gasteiger partial charge in [0.15, 0.2) is 0 Å². The standard InChI is InChI=1S/C10H14N6O2S2/c1-6-8(4-11-7-2-3-7)9(14-13-6)20(17,18)16-10-15-12-5-19-10/h5,7,11H,2-4H2,1H3,(H,13,14)(H,15,16). The maximum Gasteiger partial charge on any atom is 0.283 e. The second-order valence-corrected chi connectivity index (χ2v) is 7.07. The highest BCUT2D eigenvalue weighted by Crippen LogP contribution is 2.23. The lowest BCUT2D eigenvalue weighted by atomic mass is 10.2. The summed E-state index contributed by atoms with van der Waals surface area (Å²) in [6.45, 7) is 2.29. The van der Waals surface area contributed by atoms with Crippen LogP contribution < -0.4 is 10.0 Å². The van der Waals surface area contributed by atoms with Gasteiger partial charge in [-0.15, -0.1) is 10.2 Å². The van der Waals surface area contributed by atoms with Crippen LogP contribution in [0.1, 0.15) is 24.1 Å². The minimum absolute atomic E-state index is 0.0124.